The van der Waals surface area contributed by atoms with Crippen molar-refractivity contribution in [1.82, 2.24) is 15.3 Å². The van der Waals surface area contributed by atoms with E-state index in [9.17, 15) is 4.79 Å². The quantitative estimate of drug-likeness (QED) is 0.670. The van der Waals surface area contributed by atoms with Crippen LogP contribution in [0, 0.1) is 13.8 Å². The molecule has 0 unspecified atom stereocenters. The van der Waals surface area contributed by atoms with Gasteiger partial charge in [-0.25, -0.2) is 4.98 Å². The molecule has 5 nitrogen and oxygen atoms in total. The monoisotopic (exact) mass is 334 g/mol. The van der Waals surface area contributed by atoms with E-state index in [0.717, 1.165) is 28.9 Å². The Morgan fingerprint density at radius 2 is 1.92 bits per heavy atom. The van der Waals surface area contributed by atoms with Gasteiger partial charge in [0, 0.05) is 24.4 Å². The van der Waals surface area contributed by atoms with Crippen LogP contribution in [0.25, 0.3) is 0 Å². The summed E-state index contributed by atoms with van der Waals surface area (Å²) in [5.74, 6) is 0.370. The van der Waals surface area contributed by atoms with Gasteiger partial charge in [0.15, 0.2) is 0 Å². The van der Waals surface area contributed by atoms with Crippen molar-refractivity contribution in [2.24, 2.45) is 0 Å². The van der Waals surface area contributed by atoms with Crippen molar-refractivity contribution in [2.75, 3.05) is 5.73 Å². The van der Waals surface area contributed by atoms with Crippen LogP contribution in [0.3, 0.4) is 0 Å². The summed E-state index contributed by atoms with van der Waals surface area (Å²) < 4.78 is 0. The number of benzene rings is 1. The van der Waals surface area contributed by atoms with Crippen molar-refractivity contribution < 1.29 is 4.79 Å². The first-order chi connectivity index (χ1) is 12.0. The van der Waals surface area contributed by atoms with E-state index in [0.29, 0.717) is 18.1 Å². The van der Waals surface area contributed by atoms with Crippen molar-refractivity contribution in [3.8, 4) is 0 Å². The standard InChI is InChI=1S/C20H22N4O/c1-13-10-19(21)23-14(2)17(13)12-22-20(25)18-9-8-16(24-18)11-15-6-4-3-5-7-15/h3-10,24H,11-12H2,1-2H3,(H2,21,23)(H,22,25). The van der Waals surface area contributed by atoms with E-state index in [1.807, 2.05) is 50.2 Å². The fourth-order valence-electron chi connectivity index (χ4n) is 2.91. The van der Waals surface area contributed by atoms with Gasteiger partial charge >= 0.3 is 0 Å². The molecule has 0 saturated heterocycles. The van der Waals surface area contributed by atoms with Gasteiger partial charge in [-0.3, -0.25) is 4.79 Å². The molecule has 2 heterocycles. The van der Waals surface area contributed by atoms with Crippen molar-refractivity contribution in [3.05, 3.63) is 82.3 Å². The van der Waals surface area contributed by atoms with Gasteiger partial charge < -0.3 is 16.0 Å². The predicted molar refractivity (Wildman–Crippen MR) is 99.3 cm³/mol. The van der Waals surface area contributed by atoms with E-state index in [1.165, 1.54) is 5.56 Å². The summed E-state index contributed by atoms with van der Waals surface area (Å²) in [6.45, 7) is 4.30. The summed E-state index contributed by atoms with van der Waals surface area (Å²) >= 11 is 0. The molecule has 0 aliphatic carbocycles. The van der Waals surface area contributed by atoms with E-state index >= 15 is 0 Å². The third kappa shape index (κ3) is 4.07. The second-order valence-electron chi connectivity index (χ2n) is 6.17. The zero-order chi connectivity index (χ0) is 17.8. The Balaban J connectivity index is 1.64. The molecule has 128 valence electrons. The van der Waals surface area contributed by atoms with Crippen LogP contribution >= 0.6 is 0 Å². The maximum Gasteiger partial charge on any atom is 0.267 e. The van der Waals surface area contributed by atoms with Crippen LogP contribution in [0.15, 0.2) is 48.5 Å². The van der Waals surface area contributed by atoms with Gasteiger partial charge in [-0.1, -0.05) is 30.3 Å². The number of carbonyl (C=O) groups is 1. The highest BCUT2D eigenvalue weighted by molar-refractivity contribution is 5.92. The first-order valence-electron chi connectivity index (χ1n) is 8.25. The highest BCUT2D eigenvalue weighted by Crippen LogP contribution is 2.15. The lowest BCUT2D eigenvalue weighted by molar-refractivity contribution is 0.0946. The number of hydrogen-bond acceptors (Lipinski definition) is 3. The van der Waals surface area contributed by atoms with Gasteiger partial charge in [-0.15, -0.1) is 0 Å². The lowest BCUT2D eigenvalue weighted by atomic mass is 10.1. The zero-order valence-electron chi connectivity index (χ0n) is 14.5. The number of H-pyrrole nitrogens is 1. The van der Waals surface area contributed by atoms with Crippen molar-refractivity contribution in [3.63, 3.8) is 0 Å². The molecule has 0 atom stereocenters. The Kier molecular flexibility index (Phi) is 4.84. The summed E-state index contributed by atoms with van der Waals surface area (Å²) in [6.07, 6.45) is 0.772. The minimum atomic E-state index is -0.130. The van der Waals surface area contributed by atoms with E-state index in [-0.39, 0.29) is 5.91 Å². The maximum absolute atomic E-state index is 12.4. The van der Waals surface area contributed by atoms with Crippen LogP contribution in [-0.2, 0) is 13.0 Å². The van der Waals surface area contributed by atoms with Gasteiger partial charge in [0.1, 0.15) is 11.5 Å². The molecule has 2 aromatic heterocycles. The molecule has 3 aromatic rings. The predicted octanol–water partition coefficient (Wildman–Crippen LogP) is 3.13. The second-order valence-corrected chi connectivity index (χ2v) is 6.17. The molecule has 0 radical (unpaired) electrons. The zero-order valence-corrected chi connectivity index (χ0v) is 14.5. The number of nitrogen functional groups attached to an aromatic ring is 1. The molecular formula is C20H22N4O. The fraction of sp³-hybridized carbons (Fsp3) is 0.200. The highest BCUT2D eigenvalue weighted by Gasteiger charge is 2.11. The number of carbonyl (C=O) groups excluding carboxylic acids is 1. The average molecular weight is 334 g/mol. The molecule has 0 bridgehead atoms. The smallest absolute Gasteiger partial charge is 0.267 e. The first-order valence-corrected chi connectivity index (χ1v) is 8.25. The fourth-order valence-corrected chi connectivity index (χ4v) is 2.91. The summed E-state index contributed by atoms with van der Waals surface area (Å²) in [5.41, 5.74) is 11.4. The van der Waals surface area contributed by atoms with E-state index in [4.69, 9.17) is 5.73 Å². The van der Waals surface area contributed by atoms with E-state index in [1.54, 1.807) is 0 Å². The van der Waals surface area contributed by atoms with Gasteiger partial charge in [0.05, 0.1) is 0 Å². The Bertz CT molecular complexity index is 861. The number of hydrogen-bond donors (Lipinski definition) is 3. The molecule has 0 spiro atoms. The van der Waals surface area contributed by atoms with Crippen molar-refractivity contribution >= 4 is 11.7 Å². The number of rotatable bonds is 5. The molecule has 0 aliphatic rings. The van der Waals surface area contributed by atoms with Gasteiger partial charge in [-0.2, -0.15) is 0 Å². The number of nitrogens with one attached hydrogen (secondary N) is 2. The van der Waals surface area contributed by atoms with Gasteiger partial charge in [0.2, 0.25) is 0 Å². The van der Waals surface area contributed by atoms with Crippen LogP contribution < -0.4 is 11.1 Å². The molecule has 0 saturated carbocycles. The Hall–Kier alpha value is -3.08. The number of aromatic amines is 1. The number of amides is 1. The Morgan fingerprint density at radius 1 is 1.16 bits per heavy atom. The van der Waals surface area contributed by atoms with Crippen LogP contribution in [0.5, 0.6) is 0 Å². The molecule has 1 aromatic carbocycles. The van der Waals surface area contributed by atoms with Crippen LogP contribution in [0.2, 0.25) is 0 Å². The summed E-state index contributed by atoms with van der Waals surface area (Å²) in [6, 6.07) is 15.7. The Labute approximate surface area is 147 Å². The van der Waals surface area contributed by atoms with Crippen LogP contribution in [0.1, 0.15) is 38.6 Å². The maximum atomic E-state index is 12.4. The van der Waals surface area contributed by atoms with E-state index in [2.05, 4.69) is 27.4 Å². The molecule has 3 rings (SSSR count). The number of aryl methyl sites for hydroxylation is 2. The largest absolute Gasteiger partial charge is 0.384 e. The number of nitrogens with zero attached hydrogens (tertiary/aromatic N) is 1. The summed E-state index contributed by atoms with van der Waals surface area (Å²) in [4.78, 5) is 19.8. The van der Waals surface area contributed by atoms with Crippen LogP contribution in [0.4, 0.5) is 5.82 Å². The van der Waals surface area contributed by atoms with Crippen molar-refractivity contribution in [1.29, 1.82) is 0 Å². The molecule has 0 fully saturated rings. The number of nitrogens with two attached hydrogens (primary N) is 1. The second kappa shape index (κ2) is 7.21. The van der Waals surface area contributed by atoms with Gasteiger partial charge in [0.25, 0.3) is 5.91 Å². The third-order valence-corrected chi connectivity index (χ3v) is 4.23. The number of anilines is 1. The van der Waals surface area contributed by atoms with Gasteiger partial charge in [-0.05, 0) is 48.7 Å². The topological polar surface area (TPSA) is 83.8 Å². The Morgan fingerprint density at radius 3 is 2.64 bits per heavy atom. The molecule has 1 amide bonds. The molecule has 25 heavy (non-hydrogen) atoms. The summed E-state index contributed by atoms with van der Waals surface area (Å²) in [5, 5.41) is 2.94. The summed E-state index contributed by atoms with van der Waals surface area (Å²) in [7, 11) is 0. The third-order valence-electron chi connectivity index (χ3n) is 4.23. The van der Waals surface area contributed by atoms with Crippen molar-refractivity contribution in [2.45, 2.75) is 26.8 Å². The normalized spacial score (nSPS) is 10.6. The highest BCUT2D eigenvalue weighted by atomic mass is 16.1. The van der Waals surface area contributed by atoms with Crippen LogP contribution in [-0.4, -0.2) is 15.9 Å². The first kappa shape index (κ1) is 16.8. The lowest BCUT2D eigenvalue weighted by Crippen LogP contribution is -2.24. The number of pyridine rings is 1. The molecular weight excluding hydrogens is 312 g/mol. The molecule has 4 N–H and O–H groups in total. The molecule has 0 aliphatic heterocycles. The minimum absolute atomic E-state index is 0.130. The minimum Gasteiger partial charge on any atom is -0.384 e. The average Bonchev–Trinajstić information content (AvgIpc) is 3.03. The SMILES string of the molecule is Cc1cc(N)nc(C)c1CNC(=O)c1ccc(Cc2ccccc2)[nH]1. The van der Waals surface area contributed by atoms with E-state index < -0.39 is 0 Å². The molecule has 5 heteroatoms. The number of aromatic nitrogens is 2. The lowest BCUT2D eigenvalue weighted by Gasteiger charge is -2.11.